The van der Waals surface area contributed by atoms with E-state index in [4.69, 9.17) is 5.11 Å². The van der Waals surface area contributed by atoms with Gasteiger partial charge in [-0.3, -0.25) is 9.78 Å². The lowest BCUT2D eigenvalue weighted by Crippen LogP contribution is -1.93. The van der Waals surface area contributed by atoms with E-state index >= 15 is 0 Å². The van der Waals surface area contributed by atoms with Crippen molar-refractivity contribution in [2.24, 2.45) is 0 Å². The van der Waals surface area contributed by atoms with Gasteiger partial charge in [-0.15, -0.1) is 11.3 Å². The number of aromatic nitrogens is 1. The van der Waals surface area contributed by atoms with E-state index in [-0.39, 0.29) is 6.42 Å². The molecule has 2 heterocycles. The zero-order chi connectivity index (χ0) is 14.9. The van der Waals surface area contributed by atoms with Gasteiger partial charge >= 0.3 is 5.97 Å². The van der Waals surface area contributed by atoms with E-state index in [1.165, 1.54) is 10.5 Å². The van der Waals surface area contributed by atoms with Gasteiger partial charge in [0.25, 0.3) is 0 Å². The van der Waals surface area contributed by atoms with E-state index in [2.05, 4.69) is 34.6 Å². The molecule has 0 saturated carbocycles. The smallest absolute Gasteiger partial charge is 0.303 e. The number of hydrogen-bond acceptors (Lipinski definition) is 3. The van der Waals surface area contributed by atoms with Gasteiger partial charge in [0, 0.05) is 29.3 Å². The highest BCUT2D eigenvalue weighted by Gasteiger charge is 2.05. The van der Waals surface area contributed by atoms with Gasteiger partial charge in [-0.1, -0.05) is 24.6 Å². The van der Waals surface area contributed by atoms with Crippen LogP contribution in [0.2, 0.25) is 0 Å². The zero-order valence-electron chi connectivity index (χ0n) is 11.9. The van der Waals surface area contributed by atoms with Crippen LogP contribution in [0, 0.1) is 0 Å². The van der Waals surface area contributed by atoms with Crippen molar-refractivity contribution in [2.75, 3.05) is 0 Å². The summed E-state index contributed by atoms with van der Waals surface area (Å²) in [5.41, 5.74) is 2.35. The molecule has 110 valence electrons. The molecule has 2 rings (SSSR count). The first-order chi connectivity index (χ1) is 10.3. The van der Waals surface area contributed by atoms with Gasteiger partial charge in [-0.25, -0.2) is 0 Å². The molecule has 2 aromatic heterocycles. The summed E-state index contributed by atoms with van der Waals surface area (Å²) < 4.78 is 0. The molecule has 0 aromatic carbocycles. The number of carboxylic acid groups (broad SMARTS) is 1. The van der Waals surface area contributed by atoms with E-state index in [9.17, 15) is 4.79 Å². The maximum absolute atomic E-state index is 10.5. The van der Waals surface area contributed by atoms with Gasteiger partial charge in [-0.2, -0.15) is 0 Å². The Morgan fingerprint density at radius 3 is 2.81 bits per heavy atom. The topological polar surface area (TPSA) is 50.2 Å². The predicted molar refractivity (Wildman–Crippen MR) is 86.4 cm³/mol. The first kappa shape index (κ1) is 15.4. The zero-order valence-corrected chi connectivity index (χ0v) is 12.7. The van der Waals surface area contributed by atoms with Crippen molar-refractivity contribution in [1.82, 2.24) is 4.98 Å². The molecular formula is C17H19NO2S. The molecule has 21 heavy (non-hydrogen) atoms. The summed E-state index contributed by atoms with van der Waals surface area (Å²) in [5.74, 6) is -0.708. The lowest BCUT2D eigenvalue weighted by Gasteiger charge is -2.05. The fraction of sp³-hybridized carbons (Fsp3) is 0.294. The first-order valence-corrected chi connectivity index (χ1v) is 8.01. The highest BCUT2D eigenvalue weighted by molar-refractivity contribution is 7.11. The Hall–Kier alpha value is -1.94. The summed E-state index contributed by atoms with van der Waals surface area (Å²) >= 11 is 1.72. The van der Waals surface area contributed by atoms with Gasteiger partial charge in [0.1, 0.15) is 0 Å². The quantitative estimate of drug-likeness (QED) is 0.724. The minimum Gasteiger partial charge on any atom is -0.481 e. The molecule has 2 aromatic rings. The largest absolute Gasteiger partial charge is 0.481 e. The van der Waals surface area contributed by atoms with Crippen molar-refractivity contribution in [2.45, 2.75) is 32.1 Å². The van der Waals surface area contributed by atoms with E-state index in [1.807, 2.05) is 12.3 Å². The highest BCUT2D eigenvalue weighted by Crippen LogP contribution is 2.27. The number of pyridine rings is 1. The third-order valence-electron chi connectivity index (χ3n) is 3.20. The monoisotopic (exact) mass is 301 g/mol. The fourth-order valence-corrected chi connectivity index (χ4v) is 2.95. The predicted octanol–water partition coefficient (Wildman–Crippen LogP) is 4.61. The van der Waals surface area contributed by atoms with Crippen LogP contribution >= 0.6 is 11.3 Å². The minimum absolute atomic E-state index is 0.268. The summed E-state index contributed by atoms with van der Waals surface area (Å²) in [4.78, 5) is 15.9. The lowest BCUT2D eigenvalue weighted by molar-refractivity contribution is -0.137. The molecule has 0 aliphatic heterocycles. The molecule has 0 amide bonds. The summed E-state index contributed by atoms with van der Waals surface area (Å²) in [7, 11) is 0. The lowest BCUT2D eigenvalue weighted by atomic mass is 10.0. The number of thiophene rings is 1. The number of nitrogens with zero attached hydrogens (tertiary/aromatic N) is 1. The first-order valence-electron chi connectivity index (χ1n) is 7.13. The van der Waals surface area contributed by atoms with Crippen LogP contribution in [0.25, 0.3) is 5.57 Å². The van der Waals surface area contributed by atoms with Crippen LogP contribution < -0.4 is 0 Å². The molecule has 3 nitrogen and oxygen atoms in total. The molecule has 4 heteroatoms. The highest BCUT2D eigenvalue weighted by atomic mass is 32.1. The van der Waals surface area contributed by atoms with Crippen LogP contribution in [0.1, 0.15) is 42.5 Å². The molecule has 0 fully saturated rings. The Balaban J connectivity index is 1.97. The van der Waals surface area contributed by atoms with Crippen LogP contribution in [-0.2, 0) is 4.79 Å². The Bertz CT molecular complexity index is 576. The van der Waals surface area contributed by atoms with Crippen molar-refractivity contribution in [3.05, 3.63) is 58.6 Å². The number of unbranched alkanes of at least 4 members (excludes halogenated alkanes) is 3. The number of carboxylic acids is 1. The van der Waals surface area contributed by atoms with Gasteiger partial charge in [0.05, 0.1) is 0 Å². The molecule has 0 aliphatic rings. The van der Waals surface area contributed by atoms with Crippen LogP contribution in [-0.4, -0.2) is 16.1 Å². The van der Waals surface area contributed by atoms with Gasteiger partial charge in [-0.05, 0) is 42.3 Å². The molecule has 0 unspecified atom stereocenters. The third-order valence-corrected chi connectivity index (χ3v) is 4.11. The number of aliphatic carboxylic acids is 1. The number of allylic oxidation sites excluding steroid dienone is 1. The maximum atomic E-state index is 10.5. The molecule has 0 atom stereocenters. The Labute approximate surface area is 129 Å². The SMILES string of the molecule is O=C(O)CCCCC/C=C(\c1cccnc1)c1cccs1. The average molecular weight is 301 g/mol. The van der Waals surface area contributed by atoms with E-state index < -0.39 is 5.97 Å². The van der Waals surface area contributed by atoms with Gasteiger partial charge in [0.2, 0.25) is 0 Å². The van der Waals surface area contributed by atoms with Crippen molar-refractivity contribution >= 4 is 22.9 Å². The van der Waals surface area contributed by atoms with Crippen LogP contribution in [0.15, 0.2) is 48.1 Å². The molecule has 0 radical (unpaired) electrons. The second-order valence-corrected chi connectivity index (χ2v) is 5.78. The third kappa shape index (κ3) is 5.16. The maximum Gasteiger partial charge on any atom is 0.303 e. The normalized spacial score (nSPS) is 11.5. The average Bonchev–Trinajstić information content (AvgIpc) is 3.01. The van der Waals surface area contributed by atoms with Crippen molar-refractivity contribution in [1.29, 1.82) is 0 Å². The van der Waals surface area contributed by atoms with E-state index in [1.54, 1.807) is 17.5 Å². The molecule has 0 bridgehead atoms. The second-order valence-electron chi connectivity index (χ2n) is 4.83. The van der Waals surface area contributed by atoms with Crippen molar-refractivity contribution in [3.63, 3.8) is 0 Å². The molecule has 0 spiro atoms. The van der Waals surface area contributed by atoms with E-state index in [0.29, 0.717) is 0 Å². The number of carbonyl (C=O) groups is 1. The molecule has 0 aliphatic carbocycles. The van der Waals surface area contributed by atoms with E-state index in [0.717, 1.165) is 31.2 Å². The molecule has 1 N–H and O–H groups in total. The minimum atomic E-state index is -0.708. The summed E-state index contributed by atoms with van der Waals surface area (Å²) in [6.07, 6.45) is 9.85. The Morgan fingerprint density at radius 1 is 1.24 bits per heavy atom. The summed E-state index contributed by atoms with van der Waals surface area (Å²) in [5, 5.41) is 10.7. The Kier molecular flexibility index (Phi) is 6.16. The molecular weight excluding hydrogens is 282 g/mol. The fourth-order valence-electron chi connectivity index (χ4n) is 2.16. The van der Waals surface area contributed by atoms with Crippen molar-refractivity contribution < 1.29 is 9.90 Å². The number of rotatable bonds is 8. The number of hydrogen-bond donors (Lipinski definition) is 1. The van der Waals surface area contributed by atoms with Crippen LogP contribution in [0.3, 0.4) is 0 Å². The van der Waals surface area contributed by atoms with Gasteiger partial charge < -0.3 is 5.11 Å². The standard InChI is InChI=1S/C17H19NO2S/c19-17(20)10-4-2-1-3-8-15(16-9-6-12-21-16)14-7-5-11-18-13-14/h5-9,11-13H,1-4,10H2,(H,19,20)/b15-8+. The second kappa shape index (κ2) is 8.37. The Morgan fingerprint density at radius 2 is 2.14 bits per heavy atom. The molecule has 0 saturated heterocycles. The summed E-state index contributed by atoms with van der Waals surface area (Å²) in [6.45, 7) is 0. The van der Waals surface area contributed by atoms with Crippen LogP contribution in [0.5, 0.6) is 0 Å². The summed E-state index contributed by atoms with van der Waals surface area (Å²) in [6, 6.07) is 8.19. The van der Waals surface area contributed by atoms with Gasteiger partial charge in [0.15, 0.2) is 0 Å². The van der Waals surface area contributed by atoms with Crippen molar-refractivity contribution in [3.8, 4) is 0 Å². The van der Waals surface area contributed by atoms with Crippen LogP contribution in [0.4, 0.5) is 0 Å².